The number of ether oxygens (including phenoxy) is 1. The van der Waals surface area contributed by atoms with Crippen LogP contribution in [-0.4, -0.2) is 50.7 Å². The molecule has 0 saturated heterocycles. The number of carbonyl (C=O) groups excluding carboxylic acids is 1. The molecule has 4 aromatic rings. The molecular weight excluding hydrogens is 505 g/mol. The highest BCUT2D eigenvalue weighted by Crippen LogP contribution is 2.34. The number of fused-ring (bicyclic) bond motifs is 3. The molecular formula is C27H27BClN5O4. The Morgan fingerprint density at radius 2 is 1.76 bits per heavy atom. The predicted molar refractivity (Wildman–Crippen MR) is 148 cm³/mol. The van der Waals surface area contributed by atoms with Crippen LogP contribution < -0.4 is 10.1 Å². The van der Waals surface area contributed by atoms with Gasteiger partial charge in [0, 0.05) is 21.8 Å². The summed E-state index contributed by atoms with van der Waals surface area (Å²) in [6, 6.07) is 22.1. The van der Waals surface area contributed by atoms with Crippen LogP contribution in [0.3, 0.4) is 0 Å². The van der Waals surface area contributed by atoms with E-state index < -0.39 is 13.2 Å². The summed E-state index contributed by atoms with van der Waals surface area (Å²) in [6.45, 7) is 3.17. The summed E-state index contributed by atoms with van der Waals surface area (Å²) in [5.41, 5.74) is 4.07. The number of rotatable bonds is 5. The number of methoxy groups -OCH3 is 1. The van der Waals surface area contributed by atoms with Crippen LogP contribution in [0.2, 0.25) is 11.8 Å². The Bertz CT molecular complexity index is 1440. The van der Waals surface area contributed by atoms with Crippen molar-refractivity contribution in [3.8, 4) is 11.4 Å². The molecule has 0 bridgehead atoms. The van der Waals surface area contributed by atoms with Crippen LogP contribution in [-0.2, 0) is 4.79 Å². The molecule has 0 aliphatic carbocycles. The summed E-state index contributed by atoms with van der Waals surface area (Å²) in [5, 5.41) is 27.5. The van der Waals surface area contributed by atoms with E-state index in [0.29, 0.717) is 22.4 Å². The Morgan fingerprint density at radius 1 is 1.08 bits per heavy atom. The molecule has 2 heterocycles. The maximum atomic E-state index is 13.0. The third-order valence-corrected chi connectivity index (χ3v) is 5.94. The summed E-state index contributed by atoms with van der Waals surface area (Å²) in [5.74, 6) is 1.86. The number of benzene rings is 3. The molecule has 3 aromatic carbocycles. The smallest absolute Gasteiger partial charge is 0.448 e. The number of nitrogens with zero attached hydrogens (tertiary/aromatic N) is 4. The number of carbonyl (C=O) groups is 1. The molecule has 1 aliphatic rings. The lowest BCUT2D eigenvalue weighted by Gasteiger charge is -2.14. The summed E-state index contributed by atoms with van der Waals surface area (Å²) < 4.78 is 7.46. The lowest BCUT2D eigenvalue weighted by molar-refractivity contribution is -0.116. The first-order valence-corrected chi connectivity index (χ1v) is 12.3. The molecule has 0 spiro atoms. The van der Waals surface area contributed by atoms with Gasteiger partial charge in [-0.2, -0.15) is 0 Å². The second kappa shape index (κ2) is 12.0. The van der Waals surface area contributed by atoms with Crippen molar-refractivity contribution in [2.75, 3.05) is 12.4 Å². The number of anilines is 1. The van der Waals surface area contributed by atoms with Gasteiger partial charge in [-0.3, -0.25) is 14.4 Å². The fourth-order valence-corrected chi connectivity index (χ4v) is 4.21. The molecule has 1 atom stereocenters. The zero-order valence-corrected chi connectivity index (χ0v) is 21.9. The van der Waals surface area contributed by atoms with Gasteiger partial charge in [-0.05, 0) is 56.2 Å². The van der Waals surface area contributed by atoms with E-state index in [2.05, 4.69) is 15.5 Å². The second-order valence-electron chi connectivity index (χ2n) is 8.57. The molecule has 0 radical (unpaired) electrons. The van der Waals surface area contributed by atoms with E-state index in [1.54, 1.807) is 7.11 Å². The highest BCUT2D eigenvalue weighted by Gasteiger charge is 2.30. The van der Waals surface area contributed by atoms with E-state index in [9.17, 15) is 4.79 Å². The number of halogens is 1. The van der Waals surface area contributed by atoms with Gasteiger partial charge in [0.05, 0.1) is 24.9 Å². The van der Waals surface area contributed by atoms with Crippen molar-refractivity contribution in [2.24, 2.45) is 4.99 Å². The Kier molecular flexibility index (Phi) is 8.57. The van der Waals surface area contributed by atoms with Crippen LogP contribution in [0.5, 0.6) is 5.75 Å². The van der Waals surface area contributed by atoms with Gasteiger partial charge in [0.25, 0.3) is 0 Å². The number of hydrogen-bond donors (Lipinski definition) is 3. The van der Waals surface area contributed by atoms with E-state index in [1.165, 1.54) is 6.82 Å². The Morgan fingerprint density at radius 3 is 2.42 bits per heavy atom. The van der Waals surface area contributed by atoms with Crippen LogP contribution in [0.15, 0.2) is 77.8 Å². The lowest BCUT2D eigenvalue weighted by atomic mass is 9.99. The number of hydrogen-bond acceptors (Lipinski definition) is 7. The Labute approximate surface area is 225 Å². The van der Waals surface area contributed by atoms with Crippen LogP contribution in [0, 0.1) is 6.92 Å². The van der Waals surface area contributed by atoms with Gasteiger partial charge in [0.2, 0.25) is 5.91 Å². The Balaban J connectivity index is 0.000000786. The maximum Gasteiger partial charge on any atom is 0.448 e. The van der Waals surface area contributed by atoms with E-state index in [1.807, 2.05) is 84.3 Å². The molecule has 194 valence electrons. The third-order valence-electron chi connectivity index (χ3n) is 5.69. The zero-order chi connectivity index (χ0) is 27.2. The first kappa shape index (κ1) is 27.1. The van der Waals surface area contributed by atoms with Gasteiger partial charge in [-0.25, -0.2) is 0 Å². The average Bonchev–Trinajstić information content (AvgIpc) is 3.22. The van der Waals surface area contributed by atoms with Gasteiger partial charge in [-0.15, -0.1) is 10.2 Å². The number of para-hydroxylation sites is 1. The highest BCUT2D eigenvalue weighted by atomic mass is 35.5. The van der Waals surface area contributed by atoms with Crippen molar-refractivity contribution < 1.29 is 19.6 Å². The van der Waals surface area contributed by atoms with Gasteiger partial charge >= 0.3 is 7.12 Å². The molecule has 5 rings (SSSR count). The quantitative estimate of drug-likeness (QED) is 0.331. The van der Waals surface area contributed by atoms with Crippen molar-refractivity contribution >= 4 is 36.0 Å². The Hall–Kier alpha value is -3.99. The fraction of sp³-hybridized carbons (Fsp3) is 0.185. The molecule has 38 heavy (non-hydrogen) atoms. The van der Waals surface area contributed by atoms with Crippen LogP contribution >= 0.6 is 11.6 Å². The minimum Gasteiger partial charge on any atom is -0.497 e. The van der Waals surface area contributed by atoms with Gasteiger partial charge in [0.1, 0.15) is 17.6 Å². The molecule has 1 aromatic heterocycles. The van der Waals surface area contributed by atoms with Crippen LogP contribution in [0.25, 0.3) is 5.69 Å². The number of nitrogens with one attached hydrogen (secondary N) is 1. The number of aliphatic imine (C=N–C) groups is 1. The number of aryl methyl sites for hydroxylation is 1. The second-order valence-corrected chi connectivity index (χ2v) is 9.01. The predicted octanol–water partition coefficient (Wildman–Crippen LogP) is 4.25. The van der Waals surface area contributed by atoms with Crippen molar-refractivity contribution in [2.45, 2.75) is 26.2 Å². The van der Waals surface area contributed by atoms with Gasteiger partial charge in [0.15, 0.2) is 5.82 Å². The van der Waals surface area contributed by atoms with Crippen molar-refractivity contribution in [3.05, 3.63) is 101 Å². The minimum absolute atomic E-state index is 0.106. The van der Waals surface area contributed by atoms with Crippen molar-refractivity contribution in [1.29, 1.82) is 0 Å². The lowest BCUT2D eigenvalue weighted by Crippen LogP contribution is -2.17. The largest absolute Gasteiger partial charge is 0.497 e. The fourth-order valence-electron chi connectivity index (χ4n) is 4.09. The minimum atomic E-state index is -1.17. The molecule has 0 unspecified atom stereocenters. The summed E-state index contributed by atoms with van der Waals surface area (Å²) in [7, 11) is 0.462. The van der Waals surface area contributed by atoms with E-state index >= 15 is 0 Å². The SMILES string of the molecule is CB(O)O.COc1ccc2c(c1)C(c1ccc(Cl)cc1)=N[C@@H](CC(=O)Nc1ccccc1)c1nnc(C)n1-2. The first-order chi connectivity index (χ1) is 18.3. The molecule has 0 fully saturated rings. The summed E-state index contributed by atoms with van der Waals surface area (Å²) >= 11 is 6.15. The topological polar surface area (TPSA) is 122 Å². The first-order valence-electron chi connectivity index (χ1n) is 11.9. The molecule has 0 saturated carbocycles. The summed E-state index contributed by atoms with van der Waals surface area (Å²) in [4.78, 5) is 18.1. The van der Waals surface area contributed by atoms with E-state index in [4.69, 9.17) is 31.4 Å². The van der Waals surface area contributed by atoms with E-state index in [-0.39, 0.29) is 12.3 Å². The van der Waals surface area contributed by atoms with Gasteiger partial charge < -0.3 is 20.1 Å². The van der Waals surface area contributed by atoms with E-state index in [0.717, 1.165) is 28.2 Å². The normalized spacial score (nSPS) is 13.6. The zero-order valence-electron chi connectivity index (χ0n) is 21.2. The number of aromatic nitrogens is 3. The highest BCUT2D eigenvalue weighted by molar-refractivity contribution is 6.39. The standard InChI is InChI=1S/C26H22ClN5O2.CH5BO2/c1-16-30-31-26-22(15-24(33)28-19-6-4-3-5-7-19)29-25(17-8-10-18(27)11-9-17)21-14-20(34-2)12-13-23(21)32(16)26;1-2(3)4/h3-14,22H,15H2,1-2H3,(H,28,33);3-4H,1H3/t22-;/m0./s1. The molecule has 11 heteroatoms. The average molecular weight is 532 g/mol. The van der Waals surface area contributed by atoms with Crippen LogP contribution in [0.4, 0.5) is 5.69 Å². The van der Waals surface area contributed by atoms with Crippen molar-refractivity contribution in [3.63, 3.8) is 0 Å². The molecule has 9 nitrogen and oxygen atoms in total. The van der Waals surface area contributed by atoms with Gasteiger partial charge in [-0.1, -0.05) is 41.9 Å². The monoisotopic (exact) mass is 531 g/mol. The maximum absolute atomic E-state index is 13.0. The molecule has 3 N–H and O–H groups in total. The summed E-state index contributed by atoms with van der Waals surface area (Å²) in [6.07, 6.45) is 0.106. The third kappa shape index (κ3) is 6.28. The van der Waals surface area contributed by atoms with Crippen LogP contribution in [0.1, 0.15) is 35.2 Å². The number of amides is 1. The molecule has 1 amide bonds. The molecule has 1 aliphatic heterocycles. The van der Waals surface area contributed by atoms with Crippen molar-refractivity contribution in [1.82, 2.24) is 14.8 Å².